The highest BCUT2D eigenvalue weighted by molar-refractivity contribution is 5.46. The normalized spacial score (nSPS) is 11.5. The molecule has 0 amide bonds. The summed E-state index contributed by atoms with van der Waals surface area (Å²) in [6.07, 6.45) is 0. The Morgan fingerprint density at radius 2 is 1.33 bits per heavy atom. The van der Waals surface area contributed by atoms with E-state index < -0.39 is 40.3 Å². The minimum atomic E-state index is -2.32. The molecule has 0 radical (unpaired) electrons. The summed E-state index contributed by atoms with van der Waals surface area (Å²) in [5.41, 5.74) is -1.47. The number of aryl methyl sites for hydroxylation is 2. The second-order valence-corrected chi connectivity index (χ2v) is 5.68. The van der Waals surface area contributed by atoms with Crippen LogP contribution in [0.3, 0.4) is 0 Å². The van der Waals surface area contributed by atoms with Crippen LogP contribution < -0.4 is 5.56 Å². The highest BCUT2D eigenvalue weighted by Gasteiger charge is 2.29. The first kappa shape index (κ1) is 18.5. The third-order valence-electron chi connectivity index (χ3n) is 3.75. The molecule has 0 fully saturated rings. The Labute approximate surface area is 148 Å². The molecule has 0 spiro atoms. The van der Waals surface area contributed by atoms with Crippen LogP contribution in [0.4, 0.5) is 33.3 Å². The van der Waals surface area contributed by atoms with Crippen molar-refractivity contribution in [2.24, 2.45) is 10.2 Å². The molecule has 0 aliphatic rings. The lowest BCUT2D eigenvalue weighted by Crippen LogP contribution is -2.19. The number of H-pyrrole nitrogens is 1. The van der Waals surface area contributed by atoms with Crippen LogP contribution in [0.1, 0.15) is 11.3 Å². The molecule has 1 aromatic heterocycles. The summed E-state index contributed by atoms with van der Waals surface area (Å²) in [6.45, 7) is 3.20. The summed E-state index contributed by atoms with van der Waals surface area (Å²) in [5.74, 6) is -10.9. The van der Waals surface area contributed by atoms with Crippen molar-refractivity contribution in [1.29, 1.82) is 0 Å². The molecule has 1 heterocycles. The third kappa shape index (κ3) is 3.14. The third-order valence-corrected chi connectivity index (χ3v) is 3.75. The smallest absolute Gasteiger partial charge is 0.293 e. The molecule has 1 N–H and O–H groups in total. The van der Waals surface area contributed by atoms with Gasteiger partial charge in [-0.1, -0.05) is 17.7 Å². The average molecular weight is 382 g/mol. The van der Waals surface area contributed by atoms with Crippen LogP contribution >= 0.6 is 0 Å². The van der Waals surface area contributed by atoms with Crippen LogP contribution in [-0.4, -0.2) is 9.78 Å². The van der Waals surface area contributed by atoms with Gasteiger partial charge in [0.1, 0.15) is 5.69 Å². The van der Waals surface area contributed by atoms with E-state index in [4.69, 9.17) is 0 Å². The Hall–Kier alpha value is -3.30. The van der Waals surface area contributed by atoms with E-state index in [9.17, 15) is 26.7 Å². The van der Waals surface area contributed by atoms with E-state index >= 15 is 0 Å². The summed E-state index contributed by atoms with van der Waals surface area (Å²) >= 11 is 0. The zero-order valence-corrected chi connectivity index (χ0v) is 13.9. The Balaban J connectivity index is 2.13. The Bertz CT molecular complexity index is 1090. The summed E-state index contributed by atoms with van der Waals surface area (Å²) < 4.78 is 68.1. The molecule has 5 nitrogen and oxygen atoms in total. The van der Waals surface area contributed by atoms with E-state index in [1.807, 2.05) is 6.92 Å². The Morgan fingerprint density at radius 1 is 0.815 bits per heavy atom. The monoisotopic (exact) mass is 382 g/mol. The van der Waals surface area contributed by atoms with Crippen LogP contribution in [0.25, 0.3) is 5.69 Å². The fourth-order valence-electron chi connectivity index (χ4n) is 2.32. The molecule has 0 aliphatic heterocycles. The maximum atomic E-state index is 13.9. The molecular weight excluding hydrogens is 371 g/mol. The number of halogens is 5. The molecular formula is C17H11F5N4O. The van der Waals surface area contributed by atoms with Crippen LogP contribution in [0.2, 0.25) is 0 Å². The van der Waals surface area contributed by atoms with Crippen molar-refractivity contribution in [3.8, 4) is 5.69 Å². The summed E-state index contributed by atoms with van der Waals surface area (Å²) in [4.78, 5) is 12.4. The minimum Gasteiger partial charge on any atom is -0.293 e. The van der Waals surface area contributed by atoms with E-state index in [-0.39, 0.29) is 16.1 Å². The fourth-order valence-corrected chi connectivity index (χ4v) is 2.32. The minimum absolute atomic E-state index is 0.0276. The molecule has 2 aromatic carbocycles. The average Bonchev–Trinajstić information content (AvgIpc) is 2.92. The predicted octanol–water partition coefficient (Wildman–Crippen LogP) is 4.89. The summed E-state index contributed by atoms with van der Waals surface area (Å²) in [5, 5.41) is 9.81. The van der Waals surface area contributed by atoms with Gasteiger partial charge in [0.2, 0.25) is 5.82 Å². The van der Waals surface area contributed by atoms with E-state index in [1.54, 1.807) is 24.3 Å². The van der Waals surface area contributed by atoms with Crippen molar-refractivity contribution in [2.75, 3.05) is 0 Å². The number of hydrogen-bond donors (Lipinski definition) is 1. The van der Waals surface area contributed by atoms with Gasteiger partial charge in [0.05, 0.1) is 11.4 Å². The van der Waals surface area contributed by atoms with Crippen LogP contribution in [0.15, 0.2) is 39.3 Å². The molecule has 0 unspecified atom stereocenters. The van der Waals surface area contributed by atoms with Crippen LogP contribution in [0, 0.1) is 42.9 Å². The largest absolute Gasteiger partial charge is 0.299 e. The summed E-state index contributed by atoms with van der Waals surface area (Å²) in [7, 11) is 0. The summed E-state index contributed by atoms with van der Waals surface area (Å²) in [6, 6.07) is 6.77. The Kier molecular flexibility index (Phi) is 4.64. The predicted molar refractivity (Wildman–Crippen MR) is 86.3 cm³/mol. The molecule has 0 aliphatic carbocycles. The first-order valence-corrected chi connectivity index (χ1v) is 7.54. The van der Waals surface area contributed by atoms with E-state index in [0.29, 0.717) is 5.69 Å². The topological polar surface area (TPSA) is 62.5 Å². The van der Waals surface area contributed by atoms with Crippen LogP contribution in [0.5, 0.6) is 0 Å². The van der Waals surface area contributed by atoms with Gasteiger partial charge in [0.15, 0.2) is 29.0 Å². The quantitative estimate of drug-likeness (QED) is 0.298. The zero-order chi connectivity index (χ0) is 19.9. The van der Waals surface area contributed by atoms with E-state index in [1.165, 1.54) is 6.92 Å². The van der Waals surface area contributed by atoms with Crippen molar-refractivity contribution in [3.05, 3.63) is 75.0 Å². The molecule has 3 rings (SSSR count). The number of azo groups is 1. The van der Waals surface area contributed by atoms with Gasteiger partial charge in [-0.25, -0.2) is 26.6 Å². The number of rotatable bonds is 3. The van der Waals surface area contributed by atoms with Gasteiger partial charge in [-0.15, -0.1) is 5.11 Å². The van der Waals surface area contributed by atoms with Gasteiger partial charge in [-0.2, -0.15) is 5.11 Å². The molecule has 3 aromatic rings. The molecule has 0 atom stereocenters. The highest BCUT2D eigenvalue weighted by atomic mass is 19.2. The first-order chi connectivity index (χ1) is 12.7. The molecule has 0 bridgehead atoms. The van der Waals surface area contributed by atoms with Gasteiger partial charge < -0.3 is 0 Å². The zero-order valence-electron chi connectivity index (χ0n) is 13.9. The van der Waals surface area contributed by atoms with Crippen molar-refractivity contribution in [3.63, 3.8) is 0 Å². The van der Waals surface area contributed by atoms with Crippen molar-refractivity contribution >= 4 is 11.4 Å². The highest BCUT2D eigenvalue weighted by Crippen LogP contribution is 2.26. The number of benzene rings is 2. The maximum Gasteiger partial charge on any atom is 0.299 e. The van der Waals surface area contributed by atoms with Gasteiger partial charge in [-0.3, -0.25) is 9.89 Å². The SMILES string of the molecule is Cc1ccc(N=Nc2c(C)[nH]n(-c3c(F)c(F)c(F)c(F)c3F)c2=O)cc1. The molecule has 10 heteroatoms. The lowest BCUT2D eigenvalue weighted by Gasteiger charge is -2.07. The lowest BCUT2D eigenvalue weighted by molar-refractivity contribution is 0.373. The van der Waals surface area contributed by atoms with E-state index in [2.05, 4.69) is 15.3 Å². The molecule has 0 saturated carbocycles. The van der Waals surface area contributed by atoms with Gasteiger partial charge in [-0.05, 0) is 26.0 Å². The van der Waals surface area contributed by atoms with Gasteiger partial charge in [0, 0.05) is 0 Å². The number of aromatic nitrogens is 2. The van der Waals surface area contributed by atoms with Crippen LogP contribution in [-0.2, 0) is 0 Å². The fraction of sp³-hybridized carbons (Fsp3) is 0.118. The second kappa shape index (κ2) is 6.78. The van der Waals surface area contributed by atoms with Crippen molar-refractivity contribution in [2.45, 2.75) is 13.8 Å². The Morgan fingerprint density at radius 3 is 1.89 bits per heavy atom. The molecule has 0 saturated heterocycles. The van der Waals surface area contributed by atoms with E-state index in [0.717, 1.165) is 5.56 Å². The second-order valence-electron chi connectivity index (χ2n) is 5.68. The number of hydrogen-bond acceptors (Lipinski definition) is 3. The van der Waals surface area contributed by atoms with Crippen molar-refractivity contribution in [1.82, 2.24) is 9.78 Å². The first-order valence-electron chi connectivity index (χ1n) is 7.54. The van der Waals surface area contributed by atoms with Gasteiger partial charge >= 0.3 is 0 Å². The lowest BCUT2D eigenvalue weighted by atomic mass is 10.2. The van der Waals surface area contributed by atoms with Crippen molar-refractivity contribution < 1.29 is 22.0 Å². The van der Waals surface area contributed by atoms with Gasteiger partial charge in [0.25, 0.3) is 5.56 Å². The maximum absolute atomic E-state index is 13.9. The standard InChI is InChI=1S/C17H11F5N4O/c1-7-3-5-9(6-4-7)23-24-15-8(2)25-26(17(15)27)16-13(21)11(19)10(18)12(20)14(16)22/h3-6,25H,1-2H3. The number of aromatic amines is 1. The number of nitrogens with one attached hydrogen (secondary N) is 1. The number of nitrogens with zero attached hydrogens (tertiary/aromatic N) is 3. The molecule has 140 valence electrons. The molecule has 27 heavy (non-hydrogen) atoms.